The molecule has 0 amide bonds. The summed E-state index contributed by atoms with van der Waals surface area (Å²) < 4.78 is 0. The Hall–Kier alpha value is -15.3. The molecule has 15 aromatic carbocycles. The smallest absolute Gasteiger partial charge is 0.126 e. The van der Waals surface area contributed by atoms with Crippen molar-refractivity contribution in [1.29, 1.82) is 0 Å². The molecular weight excluding hydrogens is 1430 g/mol. The maximum Gasteiger partial charge on any atom is 0.126 e. The third kappa shape index (κ3) is 17.1. The predicted molar refractivity (Wildman–Crippen MR) is 483 cm³/mol. The van der Waals surface area contributed by atoms with Crippen LogP contribution in [0.5, 0.6) is 0 Å². The summed E-state index contributed by atoms with van der Waals surface area (Å²) in [5, 5.41) is 11.9. The molecule has 0 saturated heterocycles. The zero-order valence-corrected chi connectivity index (χ0v) is 65.4. The largest absolute Gasteiger partial charge is 0.256 e. The molecule has 0 aliphatic rings. The normalized spacial score (nSPS) is 10.9. The number of aryl methyl sites for hydroxylation is 5. The third-order valence-electron chi connectivity index (χ3n) is 20.5. The van der Waals surface area contributed by atoms with Crippen LogP contribution >= 0.6 is 0 Å². The lowest BCUT2D eigenvalue weighted by molar-refractivity contribution is 1.06. The summed E-state index contributed by atoms with van der Waals surface area (Å²) in [5.41, 5.74) is 23.8. The first-order valence-electron chi connectivity index (χ1n) is 39.1. The van der Waals surface area contributed by atoms with Gasteiger partial charge < -0.3 is 0 Å². The first kappa shape index (κ1) is 74.4. The first-order chi connectivity index (χ1) is 57.5. The van der Waals surface area contributed by atoms with Crippen molar-refractivity contribution >= 4 is 75.9 Å². The van der Waals surface area contributed by atoms with E-state index in [4.69, 9.17) is 9.97 Å². The average Bonchev–Trinajstić information content (AvgIpc) is 0.848. The number of benzene rings is 15. The van der Waals surface area contributed by atoms with Crippen molar-refractivity contribution in [2.24, 2.45) is 0 Å². The maximum absolute atomic E-state index is 4.71. The van der Waals surface area contributed by atoms with Crippen LogP contribution in [0.1, 0.15) is 29.1 Å². The SMILES string of the molecule is Cc1nc(-c2ccc(-c3ccc4ccccc4c3)cc2)c2ccccc2n1.Cc1nc(-c2ccc(-c3cccc4ccccc34)cc2)c2ccccc2n1.Cc1nc(-c2ccc(-c3ccccn3)cc2)c2ccccc2n1.Cc1nc(-c2ccc3ccccc3c2)c2ccccc2n1.Cc1nccc(-c2cccc(-c3ccccc3)c2)n1. The average molecular weight is 1510 g/mol. The fourth-order valence-electron chi connectivity index (χ4n) is 14.9. The molecule has 11 nitrogen and oxygen atoms in total. The van der Waals surface area contributed by atoms with Crippen LogP contribution in [0.3, 0.4) is 0 Å². The second-order valence-corrected chi connectivity index (χ2v) is 28.6. The minimum atomic E-state index is 0.785. The second kappa shape index (κ2) is 34.3. The van der Waals surface area contributed by atoms with E-state index in [0.717, 1.165) is 140 Å². The molecule has 21 aromatic rings. The van der Waals surface area contributed by atoms with E-state index in [1.807, 2.05) is 144 Å². The Kier molecular flexibility index (Phi) is 21.8. The molecule has 6 aromatic heterocycles. The molecule has 11 heteroatoms. The molecule has 0 aliphatic carbocycles. The zero-order valence-electron chi connectivity index (χ0n) is 65.4. The number of hydrogen-bond acceptors (Lipinski definition) is 11. The Balaban J connectivity index is 0.000000106. The van der Waals surface area contributed by atoms with Crippen LogP contribution < -0.4 is 0 Å². The van der Waals surface area contributed by atoms with Crippen LogP contribution in [0.4, 0.5) is 0 Å². The van der Waals surface area contributed by atoms with Gasteiger partial charge in [0.05, 0.1) is 56.2 Å². The summed E-state index contributed by atoms with van der Waals surface area (Å²) in [4.78, 5) is 49.8. The van der Waals surface area contributed by atoms with Crippen LogP contribution in [-0.2, 0) is 0 Å². The third-order valence-corrected chi connectivity index (χ3v) is 20.5. The number of aromatic nitrogens is 11. The monoisotopic (exact) mass is 1510 g/mol. The quantitative estimate of drug-likeness (QED) is 0.136. The molecule has 117 heavy (non-hydrogen) atoms. The Labute approximate surface area is 679 Å². The van der Waals surface area contributed by atoms with Gasteiger partial charge in [-0.3, -0.25) is 4.98 Å². The van der Waals surface area contributed by atoms with Crippen molar-refractivity contribution in [3.8, 4) is 101 Å². The van der Waals surface area contributed by atoms with Crippen molar-refractivity contribution < 1.29 is 0 Å². The number of hydrogen-bond donors (Lipinski definition) is 0. The molecule has 0 spiro atoms. The number of fused-ring (bicyclic) bond motifs is 7. The molecule has 0 radical (unpaired) electrons. The standard InChI is InChI=1S/2C25H18N2.C20H15N3.C19H14N2.C17H14N2/c1-17-26-24-12-5-4-10-23(24)25(27-17)20-15-13-19(14-16-20)22-11-6-8-18-7-2-3-9-21(18)22;1-17-26-24-9-5-4-8-23(24)25(27-17)20-13-10-19(11-14-20)22-15-12-18-6-2-3-7-21(18)16-22;1-14-22-19-8-3-2-6-17(19)20(23-14)16-11-9-15(10-12-16)18-7-4-5-13-21-18;1-13-20-18-9-5-4-8-17(18)19(21-13)16-11-10-14-6-2-3-7-15(14)12-16;1-13-18-11-10-17(19-13)16-9-5-8-15(12-16)14-6-3-2-4-7-14/h2*2-16H,1H3;2-13H,1H3;2-12H,1H3;2-12H,1H3. The molecule has 0 aliphatic heterocycles. The van der Waals surface area contributed by atoms with Gasteiger partial charge in [0.1, 0.15) is 29.1 Å². The molecule has 0 fully saturated rings. The van der Waals surface area contributed by atoms with Gasteiger partial charge in [0.15, 0.2) is 0 Å². The van der Waals surface area contributed by atoms with Gasteiger partial charge in [0, 0.05) is 67.3 Å². The number of rotatable bonds is 9. The minimum absolute atomic E-state index is 0.785. The van der Waals surface area contributed by atoms with Crippen molar-refractivity contribution in [1.82, 2.24) is 54.8 Å². The molecule has 0 unspecified atom stereocenters. The van der Waals surface area contributed by atoms with Crippen LogP contribution in [0.25, 0.3) is 177 Å². The van der Waals surface area contributed by atoms with Gasteiger partial charge in [-0.25, -0.2) is 49.8 Å². The molecule has 0 saturated carbocycles. The topological polar surface area (TPSA) is 142 Å². The van der Waals surface area contributed by atoms with E-state index in [9.17, 15) is 0 Å². The van der Waals surface area contributed by atoms with Crippen LogP contribution in [-0.4, -0.2) is 54.8 Å². The van der Waals surface area contributed by atoms with E-state index < -0.39 is 0 Å². The van der Waals surface area contributed by atoms with E-state index >= 15 is 0 Å². The highest BCUT2D eigenvalue weighted by Gasteiger charge is 2.15. The van der Waals surface area contributed by atoms with E-state index in [-0.39, 0.29) is 0 Å². The maximum atomic E-state index is 4.71. The second-order valence-electron chi connectivity index (χ2n) is 28.6. The molecule has 558 valence electrons. The lowest BCUT2D eigenvalue weighted by Gasteiger charge is -2.10. The summed E-state index contributed by atoms with van der Waals surface area (Å²) in [5.74, 6) is 3.97. The van der Waals surface area contributed by atoms with Gasteiger partial charge in [-0.15, -0.1) is 0 Å². The summed E-state index contributed by atoms with van der Waals surface area (Å²) in [6.45, 7) is 9.67. The van der Waals surface area contributed by atoms with Crippen molar-refractivity contribution in [2.75, 3.05) is 0 Å². The Morgan fingerprint density at radius 3 is 1.01 bits per heavy atom. The van der Waals surface area contributed by atoms with Gasteiger partial charge in [-0.2, -0.15) is 0 Å². The highest BCUT2D eigenvalue weighted by Crippen LogP contribution is 2.36. The zero-order chi connectivity index (χ0) is 79.4. The van der Waals surface area contributed by atoms with E-state index in [2.05, 4.69) is 318 Å². The van der Waals surface area contributed by atoms with Gasteiger partial charge in [0.25, 0.3) is 0 Å². The van der Waals surface area contributed by atoms with Gasteiger partial charge >= 0.3 is 0 Å². The fourth-order valence-corrected chi connectivity index (χ4v) is 14.9. The molecular formula is C106H79N11. The van der Waals surface area contributed by atoms with Crippen molar-refractivity contribution in [2.45, 2.75) is 34.6 Å². The lowest BCUT2D eigenvalue weighted by Crippen LogP contribution is -1.94. The van der Waals surface area contributed by atoms with Gasteiger partial charge in [0.2, 0.25) is 0 Å². The summed E-state index contributed by atoms with van der Waals surface area (Å²) in [7, 11) is 0. The lowest BCUT2D eigenvalue weighted by atomic mass is 9.96. The van der Waals surface area contributed by atoms with Crippen LogP contribution in [0.15, 0.2) is 389 Å². The molecule has 21 rings (SSSR count). The van der Waals surface area contributed by atoms with Crippen molar-refractivity contribution in [3.05, 3.63) is 418 Å². The Bertz CT molecular complexity index is 7110. The van der Waals surface area contributed by atoms with E-state index in [0.29, 0.717) is 0 Å². The molecule has 0 N–H and O–H groups in total. The first-order valence-corrected chi connectivity index (χ1v) is 39.1. The number of nitrogens with zero attached hydrogens (tertiary/aromatic N) is 11. The number of para-hydroxylation sites is 4. The molecule has 0 bridgehead atoms. The predicted octanol–water partition coefficient (Wildman–Crippen LogP) is 26.4. The minimum Gasteiger partial charge on any atom is -0.256 e. The van der Waals surface area contributed by atoms with Crippen molar-refractivity contribution in [3.63, 3.8) is 0 Å². The Morgan fingerprint density at radius 2 is 0.513 bits per heavy atom. The Morgan fingerprint density at radius 1 is 0.162 bits per heavy atom. The summed E-state index contributed by atoms with van der Waals surface area (Å²) >= 11 is 0. The molecule has 0 atom stereocenters. The number of pyridine rings is 1. The summed E-state index contributed by atoms with van der Waals surface area (Å²) in [6, 6.07) is 130. The van der Waals surface area contributed by atoms with Crippen LogP contribution in [0.2, 0.25) is 0 Å². The van der Waals surface area contributed by atoms with E-state index in [1.165, 1.54) is 65.7 Å². The highest BCUT2D eigenvalue weighted by atomic mass is 14.9. The van der Waals surface area contributed by atoms with Crippen LogP contribution in [0, 0.1) is 34.6 Å². The molecule has 6 heterocycles. The summed E-state index contributed by atoms with van der Waals surface area (Å²) in [6.07, 6.45) is 3.61. The van der Waals surface area contributed by atoms with Gasteiger partial charge in [-0.1, -0.05) is 315 Å². The van der Waals surface area contributed by atoms with Gasteiger partial charge in [-0.05, 0) is 161 Å². The highest BCUT2D eigenvalue weighted by molar-refractivity contribution is 6.00. The van der Waals surface area contributed by atoms with E-state index in [1.54, 1.807) is 6.20 Å². The fraction of sp³-hybridized carbons (Fsp3) is 0.0472.